The summed E-state index contributed by atoms with van der Waals surface area (Å²) in [5.74, 6) is -1.75. The van der Waals surface area contributed by atoms with Crippen molar-refractivity contribution < 1.29 is 17.2 Å². The molecule has 0 saturated heterocycles. The molecule has 4 nitrogen and oxygen atoms in total. The number of rotatable bonds is 6. The quantitative estimate of drug-likeness (QED) is 0.867. The van der Waals surface area contributed by atoms with Gasteiger partial charge in [-0.1, -0.05) is 18.2 Å². The van der Waals surface area contributed by atoms with Gasteiger partial charge in [-0.3, -0.25) is 0 Å². The highest BCUT2D eigenvalue weighted by Crippen LogP contribution is 2.19. The molecule has 0 amide bonds. The Morgan fingerprint density at radius 2 is 1.67 bits per heavy atom. The lowest BCUT2D eigenvalue weighted by atomic mass is 10.1. The maximum Gasteiger partial charge on any atom is 0.242 e. The summed E-state index contributed by atoms with van der Waals surface area (Å²) in [7, 11) is -0.485. The van der Waals surface area contributed by atoms with E-state index in [1.807, 2.05) is 6.92 Å². The molecule has 2 rings (SSSR count). The minimum atomic E-state index is -3.45. The summed E-state index contributed by atoms with van der Waals surface area (Å²) in [6.07, 6.45) is 0. The molecule has 0 aromatic heterocycles. The first-order valence-corrected chi connectivity index (χ1v) is 8.85. The summed E-state index contributed by atoms with van der Waals surface area (Å²) in [4.78, 5) is 0.226. The Kier molecular flexibility index (Phi) is 5.69. The maximum absolute atomic E-state index is 13.2. The van der Waals surface area contributed by atoms with Crippen molar-refractivity contribution in [3.8, 4) is 0 Å². The third-order valence-electron chi connectivity index (χ3n) is 3.76. The van der Waals surface area contributed by atoms with E-state index in [4.69, 9.17) is 0 Å². The lowest BCUT2D eigenvalue weighted by Crippen LogP contribution is -2.22. The van der Waals surface area contributed by atoms with Gasteiger partial charge in [0.2, 0.25) is 10.0 Å². The summed E-state index contributed by atoms with van der Waals surface area (Å²) >= 11 is 0. The fourth-order valence-electron chi connectivity index (χ4n) is 2.18. The van der Waals surface area contributed by atoms with E-state index < -0.39 is 21.7 Å². The van der Waals surface area contributed by atoms with E-state index in [0.29, 0.717) is 12.1 Å². The van der Waals surface area contributed by atoms with E-state index in [9.17, 15) is 17.2 Å². The van der Waals surface area contributed by atoms with E-state index in [2.05, 4.69) is 5.32 Å². The highest BCUT2D eigenvalue weighted by molar-refractivity contribution is 7.89. The lowest BCUT2D eigenvalue weighted by molar-refractivity contribution is 0.504. The SMILES string of the molecule is CC(NCc1ccc(F)c(F)c1)c1ccc(S(=O)(=O)N(C)C)cc1. The van der Waals surface area contributed by atoms with Crippen molar-refractivity contribution in [3.63, 3.8) is 0 Å². The number of nitrogens with zero attached hydrogens (tertiary/aromatic N) is 1. The molecule has 0 aliphatic rings. The molecule has 0 bridgehead atoms. The van der Waals surface area contributed by atoms with Crippen LogP contribution in [0, 0.1) is 11.6 Å². The maximum atomic E-state index is 13.2. The molecule has 2 aromatic carbocycles. The average Bonchev–Trinajstić information content (AvgIpc) is 2.55. The van der Waals surface area contributed by atoms with Crippen molar-refractivity contribution in [1.29, 1.82) is 0 Å². The molecule has 1 atom stereocenters. The molecule has 130 valence electrons. The second kappa shape index (κ2) is 7.38. The number of sulfonamides is 1. The summed E-state index contributed by atoms with van der Waals surface area (Å²) in [6, 6.07) is 10.3. The van der Waals surface area contributed by atoms with Crippen LogP contribution in [0.1, 0.15) is 24.1 Å². The van der Waals surface area contributed by atoms with Crippen molar-refractivity contribution in [1.82, 2.24) is 9.62 Å². The van der Waals surface area contributed by atoms with E-state index in [1.54, 1.807) is 24.3 Å². The highest BCUT2D eigenvalue weighted by atomic mass is 32.2. The Hall–Kier alpha value is -1.83. The molecule has 0 heterocycles. The van der Waals surface area contributed by atoms with E-state index in [-0.39, 0.29) is 10.9 Å². The fraction of sp³-hybridized carbons (Fsp3) is 0.294. The largest absolute Gasteiger partial charge is 0.306 e. The van der Waals surface area contributed by atoms with Crippen molar-refractivity contribution in [2.24, 2.45) is 0 Å². The molecule has 0 fully saturated rings. The van der Waals surface area contributed by atoms with Gasteiger partial charge < -0.3 is 5.32 Å². The highest BCUT2D eigenvalue weighted by Gasteiger charge is 2.17. The summed E-state index contributed by atoms with van der Waals surface area (Å²) < 4.78 is 51.3. The van der Waals surface area contributed by atoms with Gasteiger partial charge in [0, 0.05) is 26.7 Å². The van der Waals surface area contributed by atoms with Crippen LogP contribution in [-0.2, 0) is 16.6 Å². The van der Waals surface area contributed by atoms with Crippen LogP contribution in [0.5, 0.6) is 0 Å². The molecular formula is C17H20F2N2O2S. The molecule has 24 heavy (non-hydrogen) atoms. The number of nitrogens with one attached hydrogen (secondary N) is 1. The lowest BCUT2D eigenvalue weighted by Gasteiger charge is -2.16. The fourth-order valence-corrected chi connectivity index (χ4v) is 3.08. The normalized spacial score (nSPS) is 13.2. The number of hydrogen-bond acceptors (Lipinski definition) is 3. The number of halogens is 2. The molecule has 2 aromatic rings. The zero-order valence-corrected chi connectivity index (χ0v) is 14.6. The average molecular weight is 354 g/mol. The summed E-state index contributed by atoms with van der Waals surface area (Å²) in [5.41, 5.74) is 1.53. The second-order valence-corrected chi connectivity index (χ2v) is 7.86. The van der Waals surface area contributed by atoms with Gasteiger partial charge in [0.05, 0.1) is 4.90 Å². The molecule has 7 heteroatoms. The minimum absolute atomic E-state index is 0.0748. The van der Waals surface area contributed by atoms with Crippen LogP contribution >= 0.6 is 0 Å². The zero-order valence-electron chi connectivity index (χ0n) is 13.8. The van der Waals surface area contributed by atoms with Crippen LogP contribution in [0.15, 0.2) is 47.4 Å². The van der Waals surface area contributed by atoms with Gasteiger partial charge in [-0.05, 0) is 42.3 Å². The van der Waals surface area contributed by atoms with Crippen LogP contribution < -0.4 is 5.32 Å². The third kappa shape index (κ3) is 4.17. The summed E-state index contributed by atoms with van der Waals surface area (Å²) in [6.45, 7) is 2.28. The first kappa shape index (κ1) is 18.5. The van der Waals surface area contributed by atoms with E-state index in [0.717, 1.165) is 22.0 Å². The molecule has 1 N–H and O–H groups in total. The van der Waals surface area contributed by atoms with Gasteiger partial charge in [-0.2, -0.15) is 0 Å². The van der Waals surface area contributed by atoms with Crippen molar-refractivity contribution in [2.45, 2.75) is 24.4 Å². The van der Waals surface area contributed by atoms with Crippen molar-refractivity contribution in [2.75, 3.05) is 14.1 Å². The van der Waals surface area contributed by atoms with Crippen LogP contribution in [0.2, 0.25) is 0 Å². The van der Waals surface area contributed by atoms with Crippen LogP contribution in [0.25, 0.3) is 0 Å². The Morgan fingerprint density at radius 1 is 1.04 bits per heavy atom. The smallest absolute Gasteiger partial charge is 0.242 e. The Morgan fingerprint density at radius 3 is 2.21 bits per heavy atom. The van der Waals surface area contributed by atoms with E-state index in [1.165, 1.54) is 20.2 Å². The van der Waals surface area contributed by atoms with Crippen molar-refractivity contribution >= 4 is 10.0 Å². The predicted octanol–water partition coefficient (Wildman–Crippen LogP) is 3.07. The predicted molar refractivity (Wildman–Crippen MR) is 88.9 cm³/mol. The standard InChI is InChI=1S/C17H20F2N2O2S/c1-12(20-11-13-4-9-16(18)17(19)10-13)14-5-7-15(8-6-14)24(22,23)21(2)3/h4-10,12,20H,11H2,1-3H3. The Labute approximate surface area is 141 Å². The molecule has 0 radical (unpaired) electrons. The van der Waals surface area contributed by atoms with Crippen LogP contribution in [0.4, 0.5) is 8.78 Å². The number of benzene rings is 2. The van der Waals surface area contributed by atoms with E-state index >= 15 is 0 Å². The van der Waals surface area contributed by atoms with Gasteiger partial charge in [-0.25, -0.2) is 21.5 Å². The van der Waals surface area contributed by atoms with Crippen molar-refractivity contribution in [3.05, 3.63) is 65.2 Å². The molecule has 0 spiro atoms. The van der Waals surface area contributed by atoms with Gasteiger partial charge >= 0.3 is 0 Å². The molecular weight excluding hydrogens is 334 g/mol. The van der Waals surface area contributed by atoms with Gasteiger partial charge in [0.25, 0.3) is 0 Å². The van der Waals surface area contributed by atoms with Gasteiger partial charge in [0.15, 0.2) is 11.6 Å². The number of hydrogen-bond donors (Lipinski definition) is 1. The first-order valence-electron chi connectivity index (χ1n) is 7.41. The van der Waals surface area contributed by atoms with Gasteiger partial charge in [-0.15, -0.1) is 0 Å². The topological polar surface area (TPSA) is 49.4 Å². The molecule has 1 unspecified atom stereocenters. The molecule has 0 aliphatic heterocycles. The Balaban J connectivity index is 2.05. The minimum Gasteiger partial charge on any atom is -0.306 e. The first-order chi connectivity index (χ1) is 11.2. The van der Waals surface area contributed by atoms with Crippen LogP contribution in [0.3, 0.4) is 0 Å². The molecule has 0 aliphatic carbocycles. The van der Waals surface area contributed by atoms with Gasteiger partial charge in [0.1, 0.15) is 0 Å². The third-order valence-corrected chi connectivity index (χ3v) is 5.58. The molecule has 0 saturated carbocycles. The summed E-state index contributed by atoms with van der Waals surface area (Å²) in [5, 5.41) is 3.19. The Bertz CT molecular complexity index is 806. The monoisotopic (exact) mass is 354 g/mol. The zero-order chi connectivity index (χ0) is 17.9. The second-order valence-electron chi connectivity index (χ2n) is 5.71. The van der Waals surface area contributed by atoms with Crippen LogP contribution in [-0.4, -0.2) is 26.8 Å².